The minimum Gasteiger partial charge on any atom is -0.465 e. The van der Waals surface area contributed by atoms with E-state index in [9.17, 15) is 14.0 Å². The highest BCUT2D eigenvalue weighted by molar-refractivity contribution is 5.97. The summed E-state index contributed by atoms with van der Waals surface area (Å²) in [6, 6.07) is 13.1. The SMILES string of the molecule is COC(=O)c1cccc(NC(=O)C2CC2c2ccccc2F)c1. The Balaban J connectivity index is 1.67. The number of ether oxygens (including phenoxy) is 1. The smallest absolute Gasteiger partial charge is 0.337 e. The summed E-state index contributed by atoms with van der Waals surface area (Å²) in [6.45, 7) is 0. The van der Waals surface area contributed by atoms with Crippen molar-refractivity contribution in [2.45, 2.75) is 12.3 Å². The topological polar surface area (TPSA) is 55.4 Å². The number of amides is 1. The zero-order valence-corrected chi connectivity index (χ0v) is 12.6. The molecule has 0 radical (unpaired) electrons. The number of hydrogen-bond donors (Lipinski definition) is 1. The number of esters is 1. The number of anilines is 1. The maximum absolute atomic E-state index is 13.7. The van der Waals surface area contributed by atoms with Crippen molar-refractivity contribution in [3.05, 3.63) is 65.5 Å². The van der Waals surface area contributed by atoms with E-state index in [1.807, 2.05) is 0 Å². The maximum atomic E-state index is 13.7. The largest absolute Gasteiger partial charge is 0.465 e. The second-order valence-corrected chi connectivity index (χ2v) is 5.53. The molecule has 0 heterocycles. The molecular formula is C18H16FNO3. The number of halogens is 1. The molecule has 0 aliphatic heterocycles. The van der Waals surface area contributed by atoms with Gasteiger partial charge in [-0.1, -0.05) is 24.3 Å². The van der Waals surface area contributed by atoms with Crippen LogP contribution in [0.1, 0.15) is 28.3 Å². The summed E-state index contributed by atoms with van der Waals surface area (Å²) in [7, 11) is 1.30. The van der Waals surface area contributed by atoms with E-state index >= 15 is 0 Å². The first-order valence-corrected chi connectivity index (χ1v) is 7.34. The summed E-state index contributed by atoms with van der Waals surface area (Å²) in [6.07, 6.45) is 0.628. The molecule has 1 amide bonds. The van der Waals surface area contributed by atoms with Gasteiger partial charge in [0.05, 0.1) is 12.7 Å². The third-order valence-electron chi connectivity index (χ3n) is 3.98. The Labute approximate surface area is 133 Å². The Bertz CT molecular complexity index is 759. The van der Waals surface area contributed by atoms with Gasteiger partial charge in [0.25, 0.3) is 0 Å². The predicted octanol–water partition coefficient (Wildman–Crippen LogP) is 3.35. The normalized spacial score (nSPS) is 19.0. The highest BCUT2D eigenvalue weighted by atomic mass is 19.1. The number of benzene rings is 2. The lowest BCUT2D eigenvalue weighted by Crippen LogP contribution is -2.15. The van der Waals surface area contributed by atoms with Crippen molar-refractivity contribution < 1.29 is 18.7 Å². The van der Waals surface area contributed by atoms with E-state index in [1.165, 1.54) is 13.2 Å². The zero-order chi connectivity index (χ0) is 16.4. The average molecular weight is 313 g/mol. The Morgan fingerprint density at radius 1 is 1.17 bits per heavy atom. The molecule has 0 aromatic heterocycles. The molecule has 1 fully saturated rings. The van der Waals surface area contributed by atoms with Gasteiger partial charge < -0.3 is 10.1 Å². The van der Waals surface area contributed by atoms with E-state index in [0.29, 0.717) is 23.2 Å². The lowest BCUT2D eigenvalue weighted by Gasteiger charge is -2.07. The van der Waals surface area contributed by atoms with Gasteiger partial charge >= 0.3 is 5.97 Å². The van der Waals surface area contributed by atoms with E-state index in [4.69, 9.17) is 0 Å². The average Bonchev–Trinajstić information content (AvgIpc) is 3.35. The number of carbonyl (C=O) groups is 2. The van der Waals surface area contributed by atoms with E-state index in [1.54, 1.807) is 42.5 Å². The third-order valence-corrected chi connectivity index (χ3v) is 3.98. The molecule has 0 spiro atoms. The molecule has 4 nitrogen and oxygen atoms in total. The molecule has 2 aromatic rings. The van der Waals surface area contributed by atoms with Gasteiger partial charge in [-0.25, -0.2) is 9.18 Å². The van der Waals surface area contributed by atoms with Crippen molar-refractivity contribution in [2.75, 3.05) is 12.4 Å². The van der Waals surface area contributed by atoms with E-state index < -0.39 is 5.97 Å². The van der Waals surface area contributed by atoms with Gasteiger partial charge in [0.15, 0.2) is 0 Å². The van der Waals surface area contributed by atoms with Gasteiger partial charge in [0.1, 0.15) is 5.82 Å². The van der Waals surface area contributed by atoms with Crippen LogP contribution in [0, 0.1) is 11.7 Å². The second-order valence-electron chi connectivity index (χ2n) is 5.53. The van der Waals surface area contributed by atoms with Gasteiger partial charge in [-0.2, -0.15) is 0 Å². The molecule has 2 atom stereocenters. The summed E-state index contributed by atoms with van der Waals surface area (Å²) in [5, 5.41) is 2.77. The lowest BCUT2D eigenvalue weighted by atomic mass is 10.1. The van der Waals surface area contributed by atoms with E-state index in [2.05, 4.69) is 10.1 Å². The summed E-state index contributed by atoms with van der Waals surface area (Å²) in [5.74, 6) is -1.23. The van der Waals surface area contributed by atoms with Crippen LogP contribution in [0.5, 0.6) is 0 Å². The first-order valence-electron chi connectivity index (χ1n) is 7.34. The molecule has 0 bridgehead atoms. The minimum absolute atomic E-state index is 0.0833. The quantitative estimate of drug-likeness (QED) is 0.881. The van der Waals surface area contributed by atoms with Crippen LogP contribution < -0.4 is 5.32 Å². The number of rotatable bonds is 4. The molecule has 1 aliphatic rings. The van der Waals surface area contributed by atoms with Crippen molar-refractivity contribution in [1.29, 1.82) is 0 Å². The van der Waals surface area contributed by atoms with Gasteiger partial charge in [0.2, 0.25) is 5.91 Å². The van der Waals surface area contributed by atoms with Crippen molar-refractivity contribution in [3.8, 4) is 0 Å². The van der Waals surface area contributed by atoms with Crippen LogP contribution in [0.3, 0.4) is 0 Å². The monoisotopic (exact) mass is 313 g/mol. The number of nitrogens with one attached hydrogen (secondary N) is 1. The molecule has 1 aliphatic carbocycles. The molecule has 5 heteroatoms. The van der Waals surface area contributed by atoms with Crippen LogP contribution >= 0.6 is 0 Å². The highest BCUT2D eigenvalue weighted by Gasteiger charge is 2.45. The molecule has 2 aromatic carbocycles. The van der Waals surface area contributed by atoms with Gasteiger partial charge in [-0.15, -0.1) is 0 Å². The third kappa shape index (κ3) is 3.23. The lowest BCUT2D eigenvalue weighted by molar-refractivity contribution is -0.117. The second kappa shape index (κ2) is 6.20. The molecule has 1 saturated carbocycles. The van der Waals surface area contributed by atoms with Crippen LogP contribution in [0.2, 0.25) is 0 Å². The zero-order valence-electron chi connectivity index (χ0n) is 12.6. The Morgan fingerprint density at radius 3 is 2.70 bits per heavy atom. The molecular weight excluding hydrogens is 297 g/mol. The van der Waals surface area contributed by atoms with Crippen molar-refractivity contribution >= 4 is 17.6 Å². The number of methoxy groups -OCH3 is 1. The highest BCUT2D eigenvalue weighted by Crippen LogP contribution is 2.48. The molecule has 1 N–H and O–H groups in total. The minimum atomic E-state index is -0.461. The van der Waals surface area contributed by atoms with Gasteiger partial charge in [-0.3, -0.25) is 4.79 Å². The van der Waals surface area contributed by atoms with E-state index in [0.717, 1.165) is 0 Å². The summed E-state index contributed by atoms with van der Waals surface area (Å²) in [4.78, 5) is 23.8. The van der Waals surface area contributed by atoms with Crippen molar-refractivity contribution in [3.63, 3.8) is 0 Å². The fourth-order valence-electron chi connectivity index (χ4n) is 2.68. The standard InChI is InChI=1S/C18H16FNO3/c1-23-18(22)11-5-4-6-12(9-11)20-17(21)15-10-14(15)13-7-2-3-8-16(13)19/h2-9,14-15H,10H2,1H3,(H,20,21). The fraction of sp³-hybridized carbons (Fsp3) is 0.222. The fourth-order valence-corrected chi connectivity index (χ4v) is 2.68. The van der Waals surface area contributed by atoms with Crippen LogP contribution in [0.15, 0.2) is 48.5 Å². The Kier molecular flexibility index (Phi) is 4.10. The molecule has 3 rings (SSSR count). The first kappa shape index (κ1) is 15.2. The van der Waals surface area contributed by atoms with E-state index in [-0.39, 0.29) is 23.6 Å². The number of hydrogen-bond acceptors (Lipinski definition) is 3. The van der Waals surface area contributed by atoms with Gasteiger partial charge in [-0.05, 0) is 42.2 Å². The Morgan fingerprint density at radius 2 is 1.96 bits per heavy atom. The molecule has 2 unspecified atom stereocenters. The van der Waals surface area contributed by atoms with Gasteiger partial charge in [0, 0.05) is 11.6 Å². The summed E-state index contributed by atoms with van der Waals surface area (Å²) in [5.41, 5.74) is 1.47. The van der Waals surface area contributed by atoms with Crippen LogP contribution in [0.25, 0.3) is 0 Å². The summed E-state index contributed by atoms with van der Waals surface area (Å²) < 4.78 is 18.4. The van der Waals surface area contributed by atoms with Crippen LogP contribution in [-0.2, 0) is 9.53 Å². The molecule has 0 saturated heterocycles. The predicted molar refractivity (Wildman–Crippen MR) is 83.7 cm³/mol. The van der Waals surface area contributed by atoms with Crippen LogP contribution in [0.4, 0.5) is 10.1 Å². The maximum Gasteiger partial charge on any atom is 0.337 e. The Hall–Kier alpha value is -2.69. The molecule has 118 valence electrons. The van der Waals surface area contributed by atoms with Crippen molar-refractivity contribution in [1.82, 2.24) is 0 Å². The van der Waals surface area contributed by atoms with Crippen molar-refractivity contribution in [2.24, 2.45) is 5.92 Å². The van der Waals surface area contributed by atoms with Crippen LogP contribution in [-0.4, -0.2) is 19.0 Å². The number of carbonyl (C=O) groups excluding carboxylic acids is 2. The molecule has 23 heavy (non-hydrogen) atoms. The summed E-state index contributed by atoms with van der Waals surface area (Å²) >= 11 is 0. The first-order chi connectivity index (χ1) is 11.1.